The van der Waals surface area contributed by atoms with Gasteiger partial charge in [0.05, 0.1) is 10.8 Å². The number of amides is 1. The second-order valence-corrected chi connectivity index (χ2v) is 9.96. The molecule has 0 aromatic heterocycles. The van der Waals surface area contributed by atoms with E-state index < -0.39 is 10.0 Å². The van der Waals surface area contributed by atoms with Crippen LogP contribution < -0.4 is 5.32 Å². The van der Waals surface area contributed by atoms with Crippen molar-refractivity contribution >= 4 is 27.5 Å². The highest BCUT2D eigenvalue weighted by molar-refractivity contribution is 7.89. The van der Waals surface area contributed by atoms with Gasteiger partial charge in [0, 0.05) is 24.2 Å². The quantitative estimate of drug-likeness (QED) is 0.719. The molecule has 3 rings (SSSR count). The number of nitrogens with zero attached hydrogens (tertiary/aromatic N) is 1. The average molecular weight is 435 g/mol. The third-order valence-electron chi connectivity index (χ3n) is 5.30. The van der Waals surface area contributed by atoms with Gasteiger partial charge < -0.3 is 5.32 Å². The lowest BCUT2D eigenvalue weighted by Crippen LogP contribution is -2.47. The molecule has 1 heterocycles. The van der Waals surface area contributed by atoms with Crippen molar-refractivity contribution in [1.82, 2.24) is 9.62 Å². The fourth-order valence-electron chi connectivity index (χ4n) is 3.59. The lowest BCUT2D eigenvalue weighted by Gasteiger charge is -2.32. The molecule has 0 aliphatic carbocycles. The first kappa shape index (κ1) is 21.8. The van der Waals surface area contributed by atoms with Crippen LogP contribution in [0.5, 0.6) is 0 Å². The van der Waals surface area contributed by atoms with Crippen molar-refractivity contribution in [2.75, 3.05) is 13.1 Å². The number of rotatable bonds is 7. The summed E-state index contributed by atoms with van der Waals surface area (Å²) in [4.78, 5) is 12.9. The van der Waals surface area contributed by atoms with Gasteiger partial charge in [-0.2, -0.15) is 4.31 Å². The number of benzene rings is 2. The first-order valence-electron chi connectivity index (χ1n) is 9.96. The zero-order valence-electron chi connectivity index (χ0n) is 16.6. The predicted molar refractivity (Wildman–Crippen MR) is 115 cm³/mol. The number of nitrogens with one attached hydrogen (secondary N) is 1. The molecule has 0 spiro atoms. The molecule has 0 bridgehead atoms. The van der Waals surface area contributed by atoms with E-state index in [9.17, 15) is 13.2 Å². The summed E-state index contributed by atoms with van der Waals surface area (Å²) in [5.74, 6) is -0.397. The highest BCUT2D eigenvalue weighted by Gasteiger charge is 2.33. The van der Waals surface area contributed by atoms with Gasteiger partial charge in [-0.25, -0.2) is 8.42 Å². The van der Waals surface area contributed by atoms with Crippen LogP contribution in [0.1, 0.15) is 31.7 Å². The molecule has 156 valence electrons. The summed E-state index contributed by atoms with van der Waals surface area (Å²) >= 11 is 5.86. The number of aryl methyl sites for hydroxylation is 1. The van der Waals surface area contributed by atoms with E-state index in [4.69, 9.17) is 11.6 Å². The largest absolute Gasteiger partial charge is 0.353 e. The van der Waals surface area contributed by atoms with Crippen LogP contribution in [-0.4, -0.2) is 37.8 Å². The summed E-state index contributed by atoms with van der Waals surface area (Å²) in [5.41, 5.74) is 1.24. The second kappa shape index (κ2) is 9.74. The van der Waals surface area contributed by atoms with Crippen LogP contribution in [0.2, 0.25) is 5.02 Å². The van der Waals surface area contributed by atoms with Crippen molar-refractivity contribution < 1.29 is 13.2 Å². The average Bonchev–Trinajstić information content (AvgIpc) is 2.73. The SMILES string of the molecule is C[C@H](CCc1ccccc1)NC(=O)[C@H]1CCCN(S(=O)(=O)c2ccc(Cl)cc2)C1. The van der Waals surface area contributed by atoms with Crippen LogP contribution in [0, 0.1) is 5.92 Å². The van der Waals surface area contributed by atoms with Gasteiger partial charge in [0.1, 0.15) is 0 Å². The van der Waals surface area contributed by atoms with Gasteiger partial charge in [0.15, 0.2) is 0 Å². The Kier molecular flexibility index (Phi) is 7.33. The molecule has 7 heteroatoms. The van der Waals surface area contributed by atoms with E-state index in [1.54, 1.807) is 12.1 Å². The van der Waals surface area contributed by atoms with Gasteiger partial charge in [0.2, 0.25) is 15.9 Å². The van der Waals surface area contributed by atoms with Crippen molar-refractivity contribution in [2.45, 2.75) is 43.5 Å². The molecule has 1 N–H and O–H groups in total. The first-order chi connectivity index (χ1) is 13.9. The molecule has 5 nitrogen and oxygen atoms in total. The molecule has 0 saturated carbocycles. The number of halogens is 1. The van der Waals surface area contributed by atoms with Crippen LogP contribution in [0.15, 0.2) is 59.5 Å². The van der Waals surface area contributed by atoms with E-state index in [1.165, 1.54) is 22.0 Å². The number of carbonyl (C=O) groups is 1. The van der Waals surface area contributed by atoms with Gasteiger partial charge in [-0.3, -0.25) is 4.79 Å². The molecule has 1 aliphatic heterocycles. The predicted octanol–water partition coefficient (Wildman–Crippen LogP) is 3.88. The molecule has 1 saturated heterocycles. The monoisotopic (exact) mass is 434 g/mol. The fraction of sp³-hybridized carbons (Fsp3) is 0.409. The van der Waals surface area contributed by atoms with Gasteiger partial charge in [-0.1, -0.05) is 41.9 Å². The van der Waals surface area contributed by atoms with Crippen molar-refractivity contribution in [2.24, 2.45) is 5.92 Å². The molecular formula is C22H27ClN2O3S. The second-order valence-electron chi connectivity index (χ2n) is 7.59. The Labute approximate surface area is 178 Å². The minimum Gasteiger partial charge on any atom is -0.353 e. The van der Waals surface area contributed by atoms with Crippen LogP contribution >= 0.6 is 11.6 Å². The van der Waals surface area contributed by atoms with Crippen LogP contribution in [0.25, 0.3) is 0 Å². The maximum absolute atomic E-state index is 12.9. The summed E-state index contributed by atoms with van der Waals surface area (Å²) in [5, 5.41) is 3.55. The summed E-state index contributed by atoms with van der Waals surface area (Å²) in [6, 6.07) is 16.3. The Hall–Kier alpha value is -1.89. The minimum absolute atomic E-state index is 0.0333. The molecule has 1 aliphatic rings. The highest BCUT2D eigenvalue weighted by atomic mass is 35.5. The lowest BCUT2D eigenvalue weighted by molar-refractivity contribution is -0.126. The summed E-state index contributed by atoms with van der Waals surface area (Å²) in [6.07, 6.45) is 3.10. The molecule has 0 radical (unpaired) electrons. The zero-order chi connectivity index (χ0) is 20.9. The molecule has 2 aromatic carbocycles. The summed E-state index contributed by atoms with van der Waals surface area (Å²) < 4.78 is 27.2. The Morgan fingerprint density at radius 1 is 1.17 bits per heavy atom. The molecular weight excluding hydrogens is 408 g/mol. The summed E-state index contributed by atoms with van der Waals surface area (Å²) in [6.45, 7) is 2.63. The topological polar surface area (TPSA) is 66.5 Å². The van der Waals surface area contributed by atoms with Crippen molar-refractivity contribution in [3.05, 3.63) is 65.2 Å². The number of piperidine rings is 1. The molecule has 2 aromatic rings. The molecule has 29 heavy (non-hydrogen) atoms. The zero-order valence-corrected chi connectivity index (χ0v) is 18.1. The molecule has 2 atom stereocenters. The highest BCUT2D eigenvalue weighted by Crippen LogP contribution is 2.25. The molecule has 0 unspecified atom stereocenters. The molecule has 1 fully saturated rings. The summed E-state index contributed by atoms with van der Waals surface area (Å²) in [7, 11) is -3.63. The van der Waals surface area contributed by atoms with Crippen molar-refractivity contribution in [3.8, 4) is 0 Å². The third kappa shape index (κ3) is 5.81. The van der Waals surface area contributed by atoms with Crippen LogP contribution in [-0.2, 0) is 21.2 Å². The van der Waals surface area contributed by atoms with E-state index in [0.29, 0.717) is 24.4 Å². The fourth-order valence-corrected chi connectivity index (χ4v) is 5.24. The van der Waals surface area contributed by atoms with E-state index >= 15 is 0 Å². The Morgan fingerprint density at radius 3 is 2.55 bits per heavy atom. The standard InChI is InChI=1S/C22H27ClN2O3S/c1-17(9-10-18-6-3-2-4-7-18)24-22(26)19-8-5-15-25(16-19)29(27,28)21-13-11-20(23)12-14-21/h2-4,6-7,11-14,17,19H,5,8-10,15-16H2,1H3,(H,24,26)/t17-,19+/m1/s1. The smallest absolute Gasteiger partial charge is 0.243 e. The number of carbonyl (C=O) groups excluding carboxylic acids is 1. The first-order valence-corrected chi connectivity index (χ1v) is 11.8. The van der Waals surface area contributed by atoms with Gasteiger partial charge in [-0.05, 0) is 62.4 Å². The Bertz CT molecular complexity index is 917. The van der Waals surface area contributed by atoms with Crippen LogP contribution in [0.3, 0.4) is 0 Å². The number of hydrogen-bond donors (Lipinski definition) is 1. The van der Waals surface area contributed by atoms with Crippen LogP contribution in [0.4, 0.5) is 0 Å². The van der Waals surface area contributed by atoms with E-state index in [1.807, 2.05) is 25.1 Å². The lowest BCUT2D eigenvalue weighted by atomic mass is 9.98. The van der Waals surface area contributed by atoms with E-state index in [0.717, 1.165) is 12.8 Å². The Balaban J connectivity index is 1.56. The van der Waals surface area contributed by atoms with E-state index in [-0.39, 0.29) is 29.3 Å². The normalized spacial score (nSPS) is 18.9. The van der Waals surface area contributed by atoms with Gasteiger partial charge in [0.25, 0.3) is 0 Å². The molecule has 1 amide bonds. The maximum atomic E-state index is 12.9. The third-order valence-corrected chi connectivity index (χ3v) is 7.44. The van der Waals surface area contributed by atoms with Gasteiger partial charge >= 0.3 is 0 Å². The Morgan fingerprint density at radius 2 is 1.86 bits per heavy atom. The van der Waals surface area contributed by atoms with Crippen molar-refractivity contribution in [3.63, 3.8) is 0 Å². The maximum Gasteiger partial charge on any atom is 0.243 e. The van der Waals surface area contributed by atoms with Gasteiger partial charge in [-0.15, -0.1) is 0 Å². The minimum atomic E-state index is -3.63. The number of sulfonamides is 1. The van der Waals surface area contributed by atoms with Crippen molar-refractivity contribution in [1.29, 1.82) is 0 Å². The number of hydrogen-bond acceptors (Lipinski definition) is 3. The van der Waals surface area contributed by atoms with E-state index in [2.05, 4.69) is 17.4 Å².